The zero-order chi connectivity index (χ0) is 13.8. The van der Waals surface area contributed by atoms with Crippen molar-refractivity contribution in [3.05, 3.63) is 0 Å². The highest BCUT2D eigenvalue weighted by atomic mass is 16.5. The van der Waals surface area contributed by atoms with Gasteiger partial charge in [-0.15, -0.1) is 0 Å². The SMILES string of the molecule is CCC1CN(C(=O)C2CCCCC2C(=O)O)CCO1. The van der Waals surface area contributed by atoms with Gasteiger partial charge in [-0.2, -0.15) is 0 Å². The Hall–Kier alpha value is -1.10. The van der Waals surface area contributed by atoms with E-state index in [0.717, 1.165) is 19.3 Å². The molecule has 0 aromatic rings. The minimum Gasteiger partial charge on any atom is -0.481 e. The fourth-order valence-electron chi connectivity index (χ4n) is 3.12. The second kappa shape index (κ2) is 6.37. The monoisotopic (exact) mass is 269 g/mol. The van der Waals surface area contributed by atoms with E-state index in [4.69, 9.17) is 4.74 Å². The van der Waals surface area contributed by atoms with E-state index in [-0.39, 0.29) is 17.9 Å². The molecular formula is C14H23NO4. The second-order valence-electron chi connectivity index (χ2n) is 5.52. The Bertz CT molecular complexity index is 344. The Morgan fingerprint density at radius 1 is 1.26 bits per heavy atom. The van der Waals surface area contributed by atoms with E-state index in [0.29, 0.717) is 32.5 Å². The largest absolute Gasteiger partial charge is 0.481 e. The van der Waals surface area contributed by atoms with Crippen LogP contribution in [0.1, 0.15) is 39.0 Å². The first-order chi connectivity index (χ1) is 9.13. The van der Waals surface area contributed by atoms with Crippen molar-refractivity contribution in [1.29, 1.82) is 0 Å². The third-order valence-electron chi connectivity index (χ3n) is 4.31. The number of ether oxygens (including phenoxy) is 1. The molecule has 0 aromatic carbocycles. The van der Waals surface area contributed by atoms with Gasteiger partial charge in [-0.05, 0) is 19.3 Å². The number of carboxylic acids is 1. The molecule has 5 heteroatoms. The first-order valence-corrected chi connectivity index (χ1v) is 7.26. The number of carbonyl (C=O) groups excluding carboxylic acids is 1. The van der Waals surface area contributed by atoms with E-state index in [1.807, 2.05) is 11.8 Å². The molecule has 3 atom stereocenters. The van der Waals surface area contributed by atoms with E-state index in [9.17, 15) is 14.7 Å². The fourth-order valence-corrected chi connectivity index (χ4v) is 3.12. The minimum absolute atomic E-state index is 0.0221. The average molecular weight is 269 g/mol. The molecule has 1 aliphatic carbocycles. The average Bonchev–Trinajstić information content (AvgIpc) is 2.46. The summed E-state index contributed by atoms with van der Waals surface area (Å²) in [4.78, 5) is 25.6. The number of hydrogen-bond acceptors (Lipinski definition) is 3. The van der Waals surface area contributed by atoms with Crippen molar-refractivity contribution in [2.75, 3.05) is 19.7 Å². The molecule has 108 valence electrons. The first kappa shape index (κ1) is 14.3. The Morgan fingerprint density at radius 3 is 2.58 bits per heavy atom. The van der Waals surface area contributed by atoms with Crippen molar-refractivity contribution in [3.8, 4) is 0 Å². The highest BCUT2D eigenvalue weighted by Crippen LogP contribution is 2.32. The van der Waals surface area contributed by atoms with Gasteiger partial charge in [0, 0.05) is 13.1 Å². The van der Waals surface area contributed by atoms with E-state index < -0.39 is 11.9 Å². The van der Waals surface area contributed by atoms with E-state index in [1.54, 1.807) is 0 Å². The summed E-state index contributed by atoms with van der Waals surface area (Å²) in [6.45, 7) is 3.81. The maximum atomic E-state index is 12.5. The molecule has 1 N–H and O–H groups in total. The van der Waals surface area contributed by atoms with Crippen molar-refractivity contribution in [3.63, 3.8) is 0 Å². The molecule has 0 bridgehead atoms. The first-order valence-electron chi connectivity index (χ1n) is 7.26. The minimum atomic E-state index is -0.821. The molecule has 1 amide bonds. The summed E-state index contributed by atoms with van der Waals surface area (Å²) in [5, 5.41) is 9.26. The summed E-state index contributed by atoms with van der Waals surface area (Å²) >= 11 is 0. The number of hydrogen-bond donors (Lipinski definition) is 1. The molecule has 1 aliphatic heterocycles. The summed E-state index contributed by atoms with van der Waals surface area (Å²) in [5.74, 6) is -1.63. The molecule has 0 radical (unpaired) electrons. The summed E-state index contributed by atoms with van der Waals surface area (Å²) in [5.41, 5.74) is 0. The van der Waals surface area contributed by atoms with Gasteiger partial charge in [-0.3, -0.25) is 9.59 Å². The van der Waals surface area contributed by atoms with E-state index in [2.05, 4.69) is 0 Å². The van der Waals surface area contributed by atoms with Gasteiger partial charge in [0.25, 0.3) is 0 Å². The number of rotatable bonds is 3. The number of aliphatic carboxylic acids is 1. The summed E-state index contributed by atoms with van der Waals surface area (Å²) in [7, 11) is 0. The normalized spacial score (nSPS) is 32.1. The van der Waals surface area contributed by atoms with Gasteiger partial charge < -0.3 is 14.7 Å². The van der Waals surface area contributed by atoms with Gasteiger partial charge in [0.05, 0.1) is 24.5 Å². The van der Waals surface area contributed by atoms with Gasteiger partial charge >= 0.3 is 5.97 Å². The maximum absolute atomic E-state index is 12.5. The van der Waals surface area contributed by atoms with Crippen LogP contribution in [-0.4, -0.2) is 47.7 Å². The summed E-state index contributed by atoms with van der Waals surface area (Å²) < 4.78 is 5.56. The number of carbonyl (C=O) groups is 2. The molecule has 2 aliphatic rings. The standard InChI is InChI=1S/C14H23NO4/c1-2-10-9-15(7-8-19-10)13(16)11-5-3-4-6-12(11)14(17)18/h10-12H,2-9H2,1H3,(H,17,18). The number of nitrogens with zero attached hydrogens (tertiary/aromatic N) is 1. The molecule has 5 nitrogen and oxygen atoms in total. The Morgan fingerprint density at radius 2 is 1.95 bits per heavy atom. The molecule has 0 aromatic heterocycles. The second-order valence-corrected chi connectivity index (χ2v) is 5.52. The van der Waals surface area contributed by atoms with Gasteiger partial charge in [-0.25, -0.2) is 0 Å². The molecule has 1 saturated carbocycles. The van der Waals surface area contributed by atoms with Crippen LogP contribution < -0.4 is 0 Å². The fraction of sp³-hybridized carbons (Fsp3) is 0.857. The smallest absolute Gasteiger partial charge is 0.307 e. The lowest BCUT2D eigenvalue weighted by Gasteiger charge is -2.37. The van der Waals surface area contributed by atoms with Crippen molar-refractivity contribution in [2.24, 2.45) is 11.8 Å². The quantitative estimate of drug-likeness (QED) is 0.843. The molecule has 2 fully saturated rings. The van der Waals surface area contributed by atoms with Crippen LogP contribution in [0.25, 0.3) is 0 Å². The van der Waals surface area contributed by atoms with Crippen LogP contribution in [0.15, 0.2) is 0 Å². The number of morpholine rings is 1. The third-order valence-corrected chi connectivity index (χ3v) is 4.31. The lowest BCUT2D eigenvalue weighted by Crippen LogP contribution is -2.50. The Kier molecular flexibility index (Phi) is 4.80. The van der Waals surface area contributed by atoms with Crippen molar-refractivity contribution in [1.82, 2.24) is 4.90 Å². The predicted molar refractivity (Wildman–Crippen MR) is 69.7 cm³/mol. The molecule has 0 spiro atoms. The van der Waals surface area contributed by atoms with E-state index in [1.165, 1.54) is 0 Å². The van der Waals surface area contributed by atoms with Crippen LogP contribution >= 0.6 is 0 Å². The van der Waals surface area contributed by atoms with Crippen LogP contribution in [-0.2, 0) is 14.3 Å². The number of amides is 1. The predicted octanol–water partition coefficient (Wildman–Crippen LogP) is 1.51. The lowest BCUT2D eigenvalue weighted by atomic mass is 9.78. The molecule has 1 saturated heterocycles. The molecule has 19 heavy (non-hydrogen) atoms. The number of carboxylic acid groups (broad SMARTS) is 1. The van der Waals surface area contributed by atoms with Crippen molar-refractivity contribution >= 4 is 11.9 Å². The van der Waals surface area contributed by atoms with Gasteiger partial charge in [-0.1, -0.05) is 19.8 Å². The third kappa shape index (κ3) is 3.26. The Labute approximate surface area is 113 Å². The lowest BCUT2D eigenvalue weighted by molar-refractivity contribution is -0.155. The maximum Gasteiger partial charge on any atom is 0.307 e. The highest BCUT2D eigenvalue weighted by molar-refractivity contribution is 5.85. The Balaban J connectivity index is 2.02. The van der Waals surface area contributed by atoms with Crippen LogP contribution in [0.3, 0.4) is 0 Å². The molecule has 2 rings (SSSR count). The van der Waals surface area contributed by atoms with Crippen LogP contribution in [0.5, 0.6) is 0 Å². The molecule has 1 heterocycles. The van der Waals surface area contributed by atoms with Crippen LogP contribution in [0, 0.1) is 11.8 Å². The van der Waals surface area contributed by atoms with Gasteiger partial charge in [0.15, 0.2) is 0 Å². The zero-order valence-electron chi connectivity index (χ0n) is 11.5. The van der Waals surface area contributed by atoms with Crippen molar-refractivity contribution < 1.29 is 19.4 Å². The van der Waals surface area contributed by atoms with Gasteiger partial charge in [0.1, 0.15) is 0 Å². The molecule has 3 unspecified atom stereocenters. The summed E-state index contributed by atoms with van der Waals surface area (Å²) in [6, 6.07) is 0. The zero-order valence-corrected chi connectivity index (χ0v) is 11.5. The van der Waals surface area contributed by atoms with Crippen LogP contribution in [0.2, 0.25) is 0 Å². The van der Waals surface area contributed by atoms with Crippen molar-refractivity contribution in [2.45, 2.75) is 45.1 Å². The van der Waals surface area contributed by atoms with E-state index >= 15 is 0 Å². The summed E-state index contributed by atoms with van der Waals surface area (Å²) in [6.07, 6.45) is 4.21. The molecular weight excluding hydrogens is 246 g/mol. The van der Waals surface area contributed by atoms with Gasteiger partial charge in [0.2, 0.25) is 5.91 Å². The highest BCUT2D eigenvalue weighted by Gasteiger charge is 2.38. The van der Waals surface area contributed by atoms with Crippen LogP contribution in [0.4, 0.5) is 0 Å². The topological polar surface area (TPSA) is 66.8 Å².